The number of rotatable bonds is 3. The third-order valence-corrected chi connectivity index (χ3v) is 5.42. The lowest BCUT2D eigenvalue weighted by Gasteiger charge is -2.36. The molecule has 1 unspecified atom stereocenters. The summed E-state index contributed by atoms with van der Waals surface area (Å²) in [5, 5.41) is 3.41. The van der Waals surface area contributed by atoms with Gasteiger partial charge in [-0.2, -0.15) is 4.99 Å². The van der Waals surface area contributed by atoms with E-state index >= 15 is 0 Å². The molecule has 0 radical (unpaired) electrons. The minimum atomic E-state index is -0.282. The van der Waals surface area contributed by atoms with Crippen molar-refractivity contribution in [3.8, 4) is 0 Å². The first-order valence-corrected chi connectivity index (χ1v) is 9.63. The van der Waals surface area contributed by atoms with Gasteiger partial charge in [0.05, 0.1) is 12.6 Å². The summed E-state index contributed by atoms with van der Waals surface area (Å²) in [5.74, 6) is 1.20. The van der Waals surface area contributed by atoms with Crippen LogP contribution >= 0.6 is 0 Å². The Morgan fingerprint density at radius 2 is 1.79 bits per heavy atom. The van der Waals surface area contributed by atoms with E-state index < -0.39 is 0 Å². The molecule has 1 atom stereocenters. The minimum absolute atomic E-state index is 0.0106. The molecule has 2 heterocycles. The highest BCUT2D eigenvalue weighted by Gasteiger charge is 2.41. The van der Waals surface area contributed by atoms with E-state index in [1.165, 1.54) is 11.1 Å². The van der Waals surface area contributed by atoms with Crippen molar-refractivity contribution in [2.75, 3.05) is 18.4 Å². The number of carbonyl (C=O) groups excluding carboxylic acids is 1. The number of anilines is 1. The molecule has 2 aliphatic rings. The molecule has 0 bridgehead atoms. The molecule has 1 N–H and O–H groups in total. The fourth-order valence-electron chi connectivity index (χ4n) is 3.72. The van der Waals surface area contributed by atoms with E-state index in [1.807, 2.05) is 25.1 Å². The summed E-state index contributed by atoms with van der Waals surface area (Å²) in [6, 6.07) is 14.2. The number of amides is 2. The molecule has 0 saturated carbocycles. The molecule has 4 rings (SSSR count). The molecule has 0 saturated heterocycles. The molecule has 0 spiro atoms. The van der Waals surface area contributed by atoms with E-state index in [2.05, 4.69) is 60.2 Å². The molecule has 6 nitrogen and oxygen atoms in total. The Morgan fingerprint density at radius 3 is 2.50 bits per heavy atom. The summed E-state index contributed by atoms with van der Waals surface area (Å²) in [6.45, 7) is 9.32. The van der Waals surface area contributed by atoms with Gasteiger partial charge in [0.15, 0.2) is 0 Å². The van der Waals surface area contributed by atoms with E-state index in [0.29, 0.717) is 25.0 Å². The predicted octanol–water partition coefficient (Wildman–Crippen LogP) is 4.25. The molecule has 6 heteroatoms. The Bertz CT molecular complexity index is 980. The van der Waals surface area contributed by atoms with Crippen LogP contribution < -0.4 is 5.32 Å². The first-order valence-electron chi connectivity index (χ1n) is 9.63. The average Bonchev–Trinajstić information content (AvgIpc) is 3.12. The predicted molar refractivity (Wildman–Crippen MR) is 113 cm³/mol. The van der Waals surface area contributed by atoms with Crippen molar-refractivity contribution in [3.63, 3.8) is 0 Å². The molecule has 0 aliphatic carbocycles. The van der Waals surface area contributed by atoms with Crippen LogP contribution in [0.5, 0.6) is 0 Å². The quantitative estimate of drug-likeness (QED) is 0.872. The first-order chi connectivity index (χ1) is 13.5. The third kappa shape index (κ3) is 3.05. The van der Waals surface area contributed by atoms with Crippen LogP contribution in [0.4, 0.5) is 10.5 Å². The number of hydrogen-bond donors (Lipinski definition) is 1. The first kappa shape index (κ1) is 18.2. The number of carbonyl (C=O) groups is 1. The Morgan fingerprint density at radius 1 is 1.07 bits per heavy atom. The van der Waals surface area contributed by atoms with Gasteiger partial charge in [0.1, 0.15) is 0 Å². The molecule has 2 aromatic rings. The van der Waals surface area contributed by atoms with Gasteiger partial charge in [0, 0.05) is 12.2 Å². The van der Waals surface area contributed by atoms with Crippen LogP contribution in [0.15, 0.2) is 52.4 Å². The van der Waals surface area contributed by atoms with Crippen molar-refractivity contribution in [2.24, 2.45) is 9.98 Å². The van der Waals surface area contributed by atoms with Gasteiger partial charge in [0.2, 0.25) is 11.9 Å². The van der Waals surface area contributed by atoms with Crippen LogP contribution in [0.2, 0.25) is 0 Å². The second kappa shape index (κ2) is 7.11. The van der Waals surface area contributed by atoms with E-state index in [-0.39, 0.29) is 12.1 Å². The highest BCUT2D eigenvalue weighted by molar-refractivity contribution is 6.17. The number of aliphatic imine (C=N–C) groups is 2. The fourth-order valence-corrected chi connectivity index (χ4v) is 3.72. The summed E-state index contributed by atoms with van der Waals surface area (Å²) < 4.78 is 0. The highest BCUT2D eigenvalue weighted by Crippen LogP contribution is 2.31. The number of guanidine groups is 2. The van der Waals surface area contributed by atoms with Crippen LogP contribution in [0.1, 0.15) is 35.2 Å². The molecule has 144 valence electrons. The highest BCUT2D eigenvalue weighted by atomic mass is 16.2. The molecular weight excluding hydrogens is 350 g/mol. The Balaban J connectivity index is 1.75. The molecule has 2 amide bonds. The molecule has 28 heavy (non-hydrogen) atoms. The van der Waals surface area contributed by atoms with Crippen molar-refractivity contribution in [1.29, 1.82) is 0 Å². The Hall–Kier alpha value is -3.15. The number of nitrogens with zero attached hydrogens (tertiary/aromatic N) is 4. The summed E-state index contributed by atoms with van der Waals surface area (Å²) in [4.78, 5) is 25.4. The molecule has 2 aromatic carbocycles. The smallest absolute Gasteiger partial charge is 0.325 e. The summed E-state index contributed by atoms with van der Waals surface area (Å²) in [6.07, 6.45) is 0. The van der Waals surface area contributed by atoms with Gasteiger partial charge >= 0.3 is 6.03 Å². The standard InChI is InChI=1S/C22H25N5O/c1-5-26-21-23-13-19(17-9-7-6-8-10-17)27(21)20(25-22(26)28)24-18-12-15(3)14(2)11-16(18)4/h6-12,19H,5,13H2,1-4H3,(H,24,25,28). The van der Waals surface area contributed by atoms with E-state index in [0.717, 1.165) is 16.8 Å². The Labute approximate surface area is 165 Å². The van der Waals surface area contributed by atoms with Gasteiger partial charge in [0.25, 0.3) is 0 Å². The topological polar surface area (TPSA) is 60.3 Å². The zero-order valence-electron chi connectivity index (χ0n) is 16.7. The number of nitrogens with one attached hydrogen (secondary N) is 1. The van der Waals surface area contributed by atoms with Gasteiger partial charge in [-0.1, -0.05) is 36.4 Å². The number of fused-ring (bicyclic) bond motifs is 1. The summed E-state index contributed by atoms with van der Waals surface area (Å²) in [7, 11) is 0. The Kier molecular flexibility index (Phi) is 4.63. The van der Waals surface area contributed by atoms with Crippen molar-refractivity contribution < 1.29 is 4.79 Å². The molecular formula is C22H25N5O. The maximum Gasteiger partial charge on any atom is 0.353 e. The zero-order chi connectivity index (χ0) is 19.8. The van der Waals surface area contributed by atoms with E-state index in [4.69, 9.17) is 4.99 Å². The maximum atomic E-state index is 12.6. The van der Waals surface area contributed by atoms with Crippen LogP contribution in [0.25, 0.3) is 0 Å². The van der Waals surface area contributed by atoms with Crippen LogP contribution in [0.3, 0.4) is 0 Å². The van der Waals surface area contributed by atoms with Gasteiger partial charge < -0.3 is 5.32 Å². The largest absolute Gasteiger partial charge is 0.353 e. The second-order valence-corrected chi connectivity index (χ2v) is 7.28. The number of aryl methyl sites for hydroxylation is 3. The summed E-state index contributed by atoms with van der Waals surface area (Å²) >= 11 is 0. The monoisotopic (exact) mass is 375 g/mol. The maximum absolute atomic E-state index is 12.6. The van der Waals surface area contributed by atoms with Gasteiger partial charge in [-0.05, 0) is 56.0 Å². The number of hydrogen-bond acceptors (Lipinski definition) is 4. The molecule has 0 fully saturated rings. The fraction of sp³-hybridized carbons (Fsp3) is 0.318. The average molecular weight is 375 g/mol. The van der Waals surface area contributed by atoms with Crippen molar-refractivity contribution in [3.05, 3.63) is 64.7 Å². The molecule has 2 aliphatic heterocycles. The number of urea groups is 1. The second-order valence-electron chi connectivity index (χ2n) is 7.28. The van der Waals surface area contributed by atoms with Crippen molar-refractivity contribution in [1.82, 2.24) is 9.80 Å². The minimum Gasteiger partial charge on any atom is -0.325 e. The van der Waals surface area contributed by atoms with E-state index in [1.54, 1.807) is 4.90 Å². The van der Waals surface area contributed by atoms with Crippen molar-refractivity contribution in [2.45, 2.75) is 33.7 Å². The van der Waals surface area contributed by atoms with Gasteiger partial charge in [-0.25, -0.2) is 9.79 Å². The van der Waals surface area contributed by atoms with E-state index in [9.17, 15) is 4.79 Å². The lowest BCUT2D eigenvalue weighted by Crippen LogP contribution is -2.54. The normalized spacial score (nSPS) is 18.7. The lowest BCUT2D eigenvalue weighted by atomic mass is 10.0. The lowest BCUT2D eigenvalue weighted by molar-refractivity contribution is 0.225. The zero-order valence-corrected chi connectivity index (χ0v) is 16.7. The molecule has 0 aromatic heterocycles. The van der Waals surface area contributed by atoms with Crippen LogP contribution in [-0.4, -0.2) is 40.8 Å². The SMILES string of the molecule is CCN1C(=O)N=C(Nc2cc(C)c(C)cc2C)N2C1=NCC2c1ccccc1. The van der Waals surface area contributed by atoms with Gasteiger partial charge in [-0.15, -0.1) is 0 Å². The van der Waals surface area contributed by atoms with Crippen LogP contribution in [0, 0.1) is 20.8 Å². The van der Waals surface area contributed by atoms with Gasteiger partial charge in [-0.3, -0.25) is 9.80 Å². The third-order valence-electron chi connectivity index (χ3n) is 5.42. The van der Waals surface area contributed by atoms with Crippen molar-refractivity contribution >= 4 is 23.6 Å². The summed E-state index contributed by atoms with van der Waals surface area (Å²) in [5.41, 5.74) is 5.66. The van der Waals surface area contributed by atoms with Crippen LogP contribution in [-0.2, 0) is 0 Å². The number of benzene rings is 2.